The fourth-order valence-electron chi connectivity index (χ4n) is 1.22. The lowest BCUT2D eigenvalue weighted by atomic mass is 10.1. The maximum Gasteiger partial charge on any atom is 0.168 e. The van der Waals surface area contributed by atoms with Gasteiger partial charge in [0.25, 0.3) is 0 Å². The van der Waals surface area contributed by atoms with Crippen LogP contribution in [0.25, 0.3) is 0 Å². The van der Waals surface area contributed by atoms with Crippen LogP contribution < -0.4 is 4.74 Å². The van der Waals surface area contributed by atoms with Gasteiger partial charge in [-0.1, -0.05) is 28.1 Å². The minimum atomic E-state index is -0.436. The smallest absolute Gasteiger partial charge is 0.168 e. The van der Waals surface area contributed by atoms with E-state index < -0.39 is 5.82 Å². The third-order valence-electron chi connectivity index (χ3n) is 1.88. The van der Waals surface area contributed by atoms with E-state index >= 15 is 0 Å². The van der Waals surface area contributed by atoms with Gasteiger partial charge < -0.3 is 4.74 Å². The highest BCUT2D eigenvalue weighted by atomic mass is 79.9. The van der Waals surface area contributed by atoms with Crippen LogP contribution in [0, 0.1) is 5.82 Å². The maximum absolute atomic E-state index is 13.7. The van der Waals surface area contributed by atoms with E-state index in [1.165, 1.54) is 0 Å². The Hall–Kier alpha value is -0.900. The minimum Gasteiger partial charge on any atom is -0.491 e. The first-order chi connectivity index (χ1) is 7.19. The van der Waals surface area contributed by atoms with Gasteiger partial charge >= 0.3 is 0 Å². The average Bonchev–Trinajstić information content (AvgIpc) is 2.24. The molecule has 15 heavy (non-hydrogen) atoms. The van der Waals surface area contributed by atoms with Crippen LogP contribution >= 0.6 is 15.9 Å². The Kier molecular flexibility index (Phi) is 4.75. The molecule has 0 spiro atoms. The Bertz CT molecular complexity index is 352. The molecule has 0 aliphatic heterocycles. The Balaban J connectivity index is 2.88. The molecule has 0 atom stereocenters. The van der Waals surface area contributed by atoms with Gasteiger partial charge in [-0.25, -0.2) is 4.39 Å². The Morgan fingerprint density at radius 2 is 2.27 bits per heavy atom. The van der Waals surface area contributed by atoms with Crippen LogP contribution in [0.15, 0.2) is 18.2 Å². The van der Waals surface area contributed by atoms with Gasteiger partial charge in [-0.05, 0) is 18.6 Å². The lowest BCUT2D eigenvalue weighted by molar-refractivity contribution is -0.115. The van der Waals surface area contributed by atoms with Crippen molar-refractivity contribution in [1.29, 1.82) is 0 Å². The van der Waals surface area contributed by atoms with Crippen LogP contribution in [-0.2, 0) is 11.2 Å². The molecule has 0 unspecified atom stereocenters. The summed E-state index contributed by atoms with van der Waals surface area (Å²) in [6.45, 7) is 2.20. The molecule has 0 saturated carbocycles. The van der Waals surface area contributed by atoms with E-state index in [-0.39, 0.29) is 23.3 Å². The number of halogens is 2. The first kappa shape index (κ1) is 12.2. The molecule has 0 heterocycles. The highest BCUT2D eigenvalue weighted by Crippen LogP contribution is 2.21. The van der Waals surface area contributed by atoms with Crippen molar-refractivity contribution in [3.8, 4) is 5.75 Å². The molecule has 1 aromatic carbocycles. The van der Waals surface area contributed by atoms with E-state index in [1.807, 2.05) is 0 Å². The van der Waals surface area contributed by atoms with E-state index in [0.717, 1.165) is 0 Å². The summed E-state index contributed by atoms with van der Waals surface area (Å²) in [6, 6.07) is 4.84. The van der Waals surface area contributed by atoms with Gasteiger partial charge in [-0.15, -0.1) is 0 Å². The van der Waals surface area contributed by atoms with Crippen LogP contribution in [0.2, 0.25) is 0 Å². The Labute approximate surface area is 96.6 Å². The van der Waals surface area contributed by atoms with Crippen LogP contribution in [0.5, 0.6) is 5.75 Å². The second kappa shape index (κ2) is 5.85. The van der Waals surface area contributed by atoms with Crippen molar-refractivity contribution >= 4 is 21.7 Å². The molecule has 4 heteroatoms. The summed E-state index contributed by atoms with van der Waals surface area (Å²) in [6.07, 6.45) is 0.0952. The predicted octanol–water partition coefficient (Wildman–Crippen LogP) is 2.73. The van der Waals surface area contributed by atoms with Crippen molar-refractivity contribution in [2.75, 3.05) is 11.9 Å². The number of carbonyl (C=O) groups is 1. The first-order valence-corrected chi connectivity index (χ1v) is 5.79. The van der Waals surface area contributed by atoms with Gasteiger partial charge in [-0.3, -0.25) is 4.79 Å². The number of carbonyl (C=O) groups excluding carboxylic acids is 1. The maximum atomic E-state index is 13.7. The van der Waals surface area contributed by atoms with Gasteiger partial charge in [0.05, 0.1) is 11.9 Å². The summed E-state index contributed by atoms with van der Waals surface area (Å²) in [4.78, 5) is 11.1. The molecule has 1 aromatic rings. The van der Waals surface area contributed by atoms with Gasteiger partial charge in [0, 0.05) is 6.42 Å². The Morgan fingerprint density at radius 3 is 2.87 bits per heavy atom. The largest absolute Gasteiger partial charge is 0.491 e. The lowest BCUT2D eigenvalue weighted by Gasteiger charge is -2.07. The van der Waals surface area contributed by atoms with Crippen LogP contribution in [0.3, 0.4) is 0 Å². The molecule has 0 aromatic heterocycles. The van der Waals surface area contributed by atoms with Crippen LogP contribution in [0.1, 0.15) is 12.5 Å². The van der Waals surface area contributed by atoms with Gasteiger partial charge in [0.15, 0.2) is 11.6 Å². The van der Waals surface area contributed by atoms with Crippen LogP contribution in [0.4, 0.5) is 4.39 Å². The van der Waals surface area contributed by atoms with E-state index in [1.54, 1.807) is 25.1 Å². The van der Waals surface area contributed by atoms with E-state index in [9.17, 15) is 9.18 Å². The molecule has 0 amide bonds. The zero-order valence-electron chi connectivity index (χ0n) is 8.43. The number of Topliss-reactive ketones (excluding diaryl/α,β-unsaturated/α-hetero) is 1. The molecule has 2 nitrogen and oxygen atoms in total. The normalized spacial score (nSPS) is 10.1. The van der Waals surface area contributed by atoms with Crippen molar-refractivity contribution in [2.45, 2.75) is 13.3 Å². The first-order valence-electron chi connectivity index (χ1n) is 4.66. The standard InChI is InChI=1S/C11H12BrFO2/c1-2-15-10-5-3-4-8(11(10)13)6-9(14)7-12/h3-5H,2,6-7H2,1H3. The fourth-order valence-corrected chi connectivity index (χ4v) is 1.42. The number of ether oxygens (including phenoxy) is 1. The molecule has 1 rings (SSSR count). The number of rotatable bonds is 5. The molecule has 0 saturated heterocycles. The summed E-state index contributed by atoms with van der Waals surface area (Å²) in [5.74, 6) is -0.284. The molecule has 0 aliphatic carbocycles. The quantitative estimate of drug-likeness (QED) is 0.772. The molecule has 0 fully saturated rings. The highest BCUT2D eigenvalue weighted by molar-refractivity contribution is 9.09. The number of hydrogen-bond acceptors (Lipinski definition) is 2. The lowest BCUT2D eigenvalue weighted by Crippen LogP contribution is -2.06. The zero-order chi connectivity index (χ0) is 11.3. The highest BCUT2D eigenvalue weighted by Gasteiger charge is 2.11. The summed E-state index contributed by atoms with van der Waals surface area (Å²) in [5.41, 5.74) is 0.380. The summed E-state index contributed by atoms with van der Waals surface area (Å²) in [7, 11) is 0. The molecule has 0 N–H and O–H groups in total. The van der Waals surface area contributed by atoms with Gasteiger partial charge in [0.2, 0.25) is 0 Å². The minimum absolute atomic E-state index is 0.0532. The van der Waals surface area contributed by atoms with Crippen molar-refractivity contribution in [3.05, 3.63) is 29.6 Å². The summed E-state index contributed by atoms with van der Waals surface area (Å²) >= 11 is 3.04. The number of ketones is 1. The topological polar surface area (TPSA) is 26.3 Å². The number of alkyl halides is 1. The van der Waals surface area contributed by atoms with E-state index in [2.05, 4.69) is 15.9 Å². The second-order valence-corrected chi connectivity index (χ2v) is 3.57. The van der Waals surface area contributed by atoms with Gasteiger partial charge in [-0.2, -0.15) is 0 Å². The van der Waals surface area contributed by atoms with E-state index in [4.69, 9.17) is 4.74 Å². The van der Waals surface area contributed by atoms with Crippen molar-refractivity contribution in [1.82, 2.24) is 0 Å². The molecular weight excluding hydrogens is 263 g/mol. The van der Waals surface area contributed by atoms with Crippen molar-refractivity contribution in [2.24, 2.45) is 0 Å². The predicted molar refractivity (Wildman–Crippen MR) is 60.1 cm³/mol. The third-order valence-corrected chi connectivity index (χ3v) is 2.51. The number of hydrogen-bond donors (Lipinski definition) is 0. The summed E-state index contributed by atoms with van der Waals surface area (Å²) in [5, 5.41) is 0.241. The monoisotopic (exact) mass is 274 g/mol. The average molecular weight is 275 g/mol. The molecular formula is C11H12BrFO2. The zero-order valence-corrected chi connectivity index (χ0v) is 10.0. The van der Waals surface area contributed by atoms with Gasteiger partial charge in [0.1, 0.15) is 5.78 Å². The second-order valence-electron chi connectivity index (χ2n) is 3.01. The van der Waals surface area contributed by atoms with Crippen molar-refractivity contribution < 1.29 is 13.9 Å². The Morgan fingerprint density at radius 1 is 1.53 bits per heavy atom. The fraction of sp³-hybridized carbons (Fsp3) is 0.364. The SMILES string of the molecule is CCOc1cccc(CC(=O)CBr)c1F. The molecule has 82 valence electrons. The third kappa shape index (κ3) is 3.30. The summed E-state index contributed by atoms with van der Waals surface area (Å²) < 4.78 is 18.8. The number of benzene rings is 1. The molecule has 0 radical (unpaired) electrons. The van der Waals surface area contributed by atoms with Crippen molar-refractivity contribution in [3.63, 3.8) is 0 Å². The molecule has 0 bridgehead atoms. The van der Waals surface area contributed by atoms with E-state index in [0.29, 0.717) is 12.2 Å². The molecule has 0 aliphatic rings. The van der Waals surface area contributed by atoms with Crippen LogP contribution in [-0.4, -0.2) is 17.7 Å².